The zero-order valence-corrected chi connectivity index (χ0v) is 21.3. The average Bonchev–Trinajstić information content (AvgIpc) is 3.21. The van der Waals surface area contributed by atoms with Crippen LogP contribution in [0, 0.1) is 20.8 Å². The molecule has 2 aromatic heterocycles. The van der Waals surface area contributed by atoms with E-state index in [0.717, 1.165) is 41.2 Å². The molecule has 0 saturated carbocycles. The Labute approximate surface area is 212 Å². The lowest BCUT2D eigenvalue weighted by molar-refractivity contribution is 0.359. The molecule has 3 aromatic carbocycles. The second kappa shape index (κ2) is 8.89. The smallest absolute Gasteiger partial charge is 0.164 e. The number of likely N-dealkylation sites (N-methyl/N-ethyl adjacent to an activating group) is 1. The van der Waals surface area contributed by atoms with Crippen molar-refractivity contribution in [3.63, 3.8) is 0 Å². The Kier molecular flexibility index (Phi) is 5.54. The maximum Gasteiger partial charge on any atom is 0.164 e. The Balaban J connectivity index is 1.68. The molecule has 0 unspecified atom stereocenters. The molecule has 178 valence electrons. The standard InChI is InChI=1S/C32H30N4/c1-21-10-14-24(15-11-21)18-26-19-35(4)20-28-30(25-16-12-22(2)13-17-25)29-23(3)34-36(32(29)33-31(26)28)27-8-6-5-7-9-27/h5-18H,19-20H2,1-4H3/b26-18-. The SMILES string of the molecule is Cc1ccc(/C=C2/CN(C)Cc3c2nc2c(c(C)nn2-c2ccccc2)c3-c2ccc(C)cc2)cc1. The van der Waals surface area contributed by atoms with Gasteiger partial charge in [0.15, 0.2) is 5.65 Å². The minimum Gasteiger partial charge on any atom is -0.298 e. The van der Waals surface area contributed by atoms with Gasteiger partial charge in [-0.05, 0) is 62.7 Å². The summed E-state index contributed by atoms with van der Waals surface area (Å²) in [5.74, 6) is 0. The molecule has 4 nitrogen and oxygen atoms in total. The maximum absolute atomic E-state index is 5.35. The maximum atomic E-state index is 5.35. The van der Waals surface area contributed by atoms with E-state index in [0.29, 0.717) is 0 Å². The fourth-order valence-corrected chi connectivity index (χ4v) is 5.23. The molecule has 0 bridgehead atoms. The third-order valence-electron chi connectivity index (χ3n) is 7.02. The molecule has 0 amide bonds. The first-order valence-electron chi connectivity index (χ1n) is 12.5. The van der Waals surface area contributed by atoms with Crippen LogP contribution in [0.2, 0.25) is 0 Å². The number of para-hydroxylation sites is 1. The van der Waals surface area contributed by atoms with Gasteiger partial charge >= 0.3 is 0 Å². The molecule has 1 aliphatic heterocycles. The van der Waals surface area contributed by atoms with Crippen molar-refractivity contribution >= 4 is 22.7 Å². The molecule has 0 spiro atoms. The summed E-state index contributed by atoms with van der Waals surface area (Å²) in [6.07, 6.45) is 2.29. The van der Waals surface area contributed by atoms with E-state index in [1.807, 2.05) is 10.7 Å². The molecule has 36 heavy (non-hydrogen) atoms. The molecular formula is C32H30N4. The molecule has 0 fully saturated rings. The van der Waals surface area contributed by atoms with Crippen molar-refractivity contribution in [1.29, 1.82) is 0 Å². The number of aromatic nitrogens is 3. The number of hydrogen-bond donors (Lipinski definition) is 0. The van der Waals surface area contributed by atoms with Gasteiger partial charge in [0.1, 0.15) is 0 Å². The van der Waals surface area contributed by atoms with E-state index in [1.165, 1.54) is 39.0 Å². The summed E-state index contributed by atoms with van der Waals surface area (Å²) in [6, 6.07) is 27.9. The Morgan fingerprint density at radius 2 is 1.44 bits per heavy atom. The fourth-order valence-electron chi connectivity index (χ4n) is 5.23. The van der Waals surface area contributed by atoms with E-state index in [9.17, 15) is 0 Å². The highest BCUT2D eigenvalue weighted by Gasteiger charge is 2.28. The Bertz CT molecular complexity index is 1590. The van der Waals surface area contributed by atoms with E-state index >= 15 is 0 Å². The molecule has 5 aromatic rings. The highest BCUT2D eigenvalue weighted by atomic mass is 15.3. The number of benzene rings is 3. The molecule has 4 heteroatoms. The summed E-state index contributed by atoms with van der Waals surface area (Å²) in [6.45, 7) is 8.06. The summed E-state index contributed by atoms with van der Waals surface area (Å²) in [4.78, 5) is 7.73. The van der Waals surface area contributed by atoms with Crippen LogP contribution in [0.5, 0.6) is 0 Å². The molecule has 0 atom stereocenters. The fraction of sp³-hybridized carbons (Fsp3) is 0.188. The lowest BCUT2D eigenvalue weighted by Crippen LogP contribution is -2.27. The number of aryl methyl sites for hydroxylation is 3. The van der Waals surface area contributed by atoms with Crippen LogP contribution in [0.15, 0.2) is 78.9 Å². The molecule has 0 aliphatic carbocycles. The number of nitrogens with zero attached hydrogens (tertiary/aromatic N) is 4. The van der Waals surface area contributed by atoms with Gasteiger partial charge in [-0.25, -0.2) is 9.67 Å². The van der Waals surface area contributed by atoms with Crippen LogP contribution in [0.1, 0.15) is 33.6 Å². The van der Waals surface area contributed by atoms with Gasteiger partial charge in [0.05, 0.1) is 22.5 Å². The van der Waals surface area contributed by atoms with Crippen molar-refractivity contribution in [1.82, 2.24) is 19.7 Å². The molecule has 3 heterocycles. The van der Waals surface area contributed by atoms with Gasteiger partial charge in [-0.2, -0.15) is 5.10 Å². The van der Waals surface area contributed by atoms with Crippen molar-refractivity contribution in [2.75, 3.05) is 13.6 Å². The molecule has 0 radical (unpaired) electrons. The Hall–Kier alpha value is -4.02. The largest absolute Gasteiger partial charge is 0.298 e. The van der Waals surface area contributed by atoms with Gasteiger partial charge in [0, 0.05) is 24.2 Å². The van der Waals surface area contributed by atoms with Gasteiger partial charge in [-0.1, -0.05) is 77.9 Å². The first kappa shape index (κ1) is 22.4. The van der Waals surface area contributed by atoms with Gasteiger partial charge in [0.2, 0.25) is 0 Å². The predicted molar refractivity (Wildman–Crippen MR) is 149 cm³/mol. The second-order valence-electron chi connectivity index (χ2n) is 9.96. The van der Waals surface area contributed by atoms with Crippen LogP contribution >= 0.6 is 0 Å². The third-order valence-corrected chi connectivity index (χ3v) is 7.02. The van der Waals surface area contributed by atoms with Crippen LogP contribution in [-0.4, -0.2) is 33.3 Å². The second-order valence-corrected chi connectivity index (χ2v) is 9.96. The van der Waals surface area contributed by atoms with E-state index < -0.39 is 0 Å². The summed E-state index contributed by atoms with van der Waals surface area (Å²) in [5, 5.41) is 6.12. The zero-order chi connectivity index (χ0) is 24.8. The lowest BCUT2D eigenvalue weighted by Gasteiger charge is -2.29. The first-order valence-corrected chi connectivity index (χ1v) is 12.5. The number of rotatable bonds is 3. The average molecular weight is 471 g/mol. The van der Waals surface area contributed by atoms with E-state index in [2.05, 4.69) is 112 Å². The molecule has 0 saturated heterocycles. The van der Waals surface area contributed by atoms with E-state index in [-0.39, 0.29) is 0 Å². The van der Waals surface area contributed by atoms with Crippen molar-refractivity contribution in [2.24, 2.45) is 0 Å². The van der Waals surface area contributed by atoms with Crippen molar-refractivity contribution < 1.29 is 0 Å². The Morgan fingerprint density at radius 3 is 2.14 bits per heavy atom. The predicted octanol–water partition coefficient (Wildman–Crippen LogP) is 7.00. The molecule has 1 aliphatic rings. The van der Waals surface area contributed by atoms with Gasteiger partial charge in [-0.3, -0.25) is 4.90 Å². The van der Waals surface area contributed by atoms with Gasteiger partial charge in [-0.15, -0.1) is 0 Å². The molecular weight excluding hydrogens is 440 g/mol. The minimum atomic E-state index is 0.850. The van der Waals surface area contributed by atoms with E-state index in [4.69, 9.17) is 10.1 Å². The van der Waals surface area contributed by atoms with Crippen LogP contribution in [0.3, 0.4) is 0 Å². The number of pyridine rings is 1. The number of fused-ring (bicyclic) bond motifs is 2. The lowest BCUT2D eigenvalue weighted by atomic mass is 9.89. The highest BCUT2D eigenvalue weighted by molar-refractivity contribution is 6.00. The summed E-state index contributed by atoms with van der Waals surface area (Å²) in [5.41, 5.74) is 12.7. The minimum absolute atomic E-state index is 0.850. The normalized spacial score (nSPS) is 14.9. The topological polar surface area (TPSA) is 34.0 Å². The van der Waals surface area contributed by atoms with Crippen molar-refractivity contribution in [2.45, 2.75) is 27.3 Å². The number of hydrogen-bond acceptors (Lipinski definition) is 3. The summed E-state index contributed by atoms with van der Waals surface area (Å²) >= 11 is 0. The van der Waals surface area contributed by atoms with Crippen molar-refractivity contribution in [3.8, 4) is 16.8 Å². The summed E-state index contributed by atoms with van der Waals surface area (Å²) < 4.78 is 2.00. The summed E-state index contributed by atoms with van der Waals surface area (Å²) in [7, 11) is 2.19. The zero-order valence-electron chi connectivity index (χ0n) is 21.3. The van der Waals surface area contributed by atoms with Crippen LogP contribution in [-0.2, 0) is 6.54 Å². The third kappa shape index (κ3) is 3.94. The van der Waals surface area contributed by atoms with Gasteiger partial charge in [0.25, 0.3) is 0 Å². The van der Waals surface area contributed by atoms with E-state index in [1.54, 1.807) is 0 Å². The first-order chi connectivity index (χ1) is 17.5. The van der Waals surface area contributed by atoms with Crippen LogP contribution in [0.25, 0.3) is 39.5 Å². The van der Waals surface area contributed by atoms with Crippen LogP contribution in [0.4, 0.5) is 0 Å². The monoisotopic (exact) mass is 470 g/mol. The molecule has 6 rings (SSSR count). The van der Waals surface area contributed by atoms with Crippen LogP contribution < -0.4 is 0 Å². The quantitative estimate of drug-likeness (QED) is 0.285. The highest BCUT2D eigenvalue weighted by Crippen LogP contribution is 2.40. The van der Waals surface area contributed by atoms with Gasteiger partial charge < -0.3 is 0 Å². The van der Waals surface area contributed by atoms with Crippen molar-refractivity contribution in [3.05, 3.63) is 113 Å². The molecule has 0 N–H and O–H groups in total. The Morgan fingerprint density at radius 1 is 0.778 bits per heavy atom.